The Labute approximate surface area is 118 Å². The van der Waals surface area contributed by atoms with E-state index < -0.39 is 5.54 Å². The summed E-state index contributed by atoms with van der Waals surface area (Å²) >= 11 is 5.88. The molecule has 1 N–H and O–H groups in total. The molecule has 0 radical (unpaired) electrons. The van der Waals surface area contributed by atoms with Gasteiger partial charge in [-0.1, -0.05) is 41.9 Å². The highest BCUT2D eigenvalue weighted by atomic mass is 35.5. The maximum Gasteiger partial charge on any atom is 0.251 e. The van der Waals surface area contributed by atoms with Gasteiger partial charge in [0.25, 0.3) is 5.91 Å². The van der Waals surface area contributed by atoms with Gasteiger partial charge in [0.2, 0.25) is 0 Å². The summed E-state index contributed by atoms with van der Waals surface area (Å²) in [5.41, 5.74) is 1.23. The van der Waals surface area contributed by atoms with Crippen molar-refractivity contribution in [2.24, 2.45) is 0 Å². The van der Waals surface area contributed by atoms with Gasteiger partial charge in [-0.05, 0) is 43.7 Å². The van der Waals surface area contributed by atoms with E-state index in [-0.39, 0.29) is 5.91 Å². The molecule has 0 aromatic heterocycles. The van der Waals surface area contributed by atoms with Gasteiger partial charge in [-0.2, -0.15) is 0 Å². The van der Waals surface area contributed by atoms with Gasteiger partial charge in [0.1, 0.15) is 0 Å². The van der Waals surface area contributed by atoms with Crippen LogP contribution in [0.5, 0.6) is 0 Å². The van der Waals surface area contributed by atoms with E-state index in [0.29, 0.717) is 10.6 Å². The summed E-state index contributed by atoms with van der Waals surface area (Å²) in [4.78, 5) is 12.2. The van der Waals surface area contributed by atoms with E-state index in [1.165, 1.54) is 0 Å². The topological polar surface area (TPSA) is 29.1 Å². The van der Waals surface area contributed by atoms with Crippen molar-refractivity contribution < 1.29 is 4.79 Å². The monoisotopic (exact) mass is 273 g/mol. The first-order valence-electron chi connectivity index (χ1n) is 6.13. The quantitative estimate of drug-likeness (QED) is 0.900. The first-order chi connectivity index (χ1) is 8.99. The third-order valence-electron chi connectivity index (χ3n) is 3.03. The molecule has 0 spiro atoms. The van der Waals surface area contributed by atoms with Crippen molar-refractivity contribution in [1.82, 2.24) is 5.32 Å². The Balaban J connectivity index is 2.17. The van der Waals surface area contributed by atoms with Crippen LogP contribution in [0, 0.1) is 0 Å². The Morgan fingerprint density at radius 2 is 1.58 bits per heavy atom. The molecule has 2 nitrogen and oxygen atoms in total. The molecular weight excluding hydrogens is 258 g/mol. The van der Waals surface area contributed by atoms with Crippen LogP contribution in [-0.4, -0.2) is 5.91 Å². The summed E-state index contributed by atoms with van der Waals surface area (Å²) in [5, 5.41) is 3.72. The summed E-state index contributed by atoms with van der Waals surface area (Å²) in [6.07, 6.45) is 0. The zero-order valence-corrected chi connectivity index (χ0v) is 11.7. The van der Waals surface area contributed by atoms with Crippen molar-refractivity contribution in [3.63, 3.8) is 0 Å². The van der Waals surface area contributed by atoms with Gasteiger partial charge in [0, 0.05) is 10.6 Å². The number of benzene rings is 2. The molecule has 0 saturated carbocycles. The van der Waals surface area contributed by atoms with Crippen LogP contribution < -0.4 is 5.32 Å². The van der Waals surface area contributed by atoms with Gasteiger partial charge in [-0.25, -0.2) is 0 Å². The molecule has 98 valence electrons. The van der Waals surface area contributed by atoms with Crippen LogP contribution in [0.1, 0.15) is 29.8 Å². The smallest absolute Gasteiger partial charge is 0.251 e. The van der Waals surface area contributed by atoms with Crippen LogP contribution in [0.2, 0.25) is 5.02 Å². The second-order valence-corrected chi connectivity index (χ2v) is 5.39. The summed E-state index contributed by atoms with van der Waals surface area (Å²) in [6.45, 7) is 3.94. The zero-order chi connectivity index (χ0) is 13.9. The lowest BCUT2D eigenvalue weighted by molar-refractivity contribution is 0.0912. The SMILES string of the molecule is CC(C)(NC(=O)c1ccccc1)c1ccc(Cl)cc1. The van der Waals surface area contributed by atoms with E-state index in [1.807, 2.05) is 56.3 Å². The van der Waals surface area contributed by atoms with Crippen molar-refractivity contribution in [2.45, 2.75) is 19.4 Å². The predicted octanol–water partition coefficient (Wildman–Crippen LogP) is 4.01. The molecule has 0 aliphatic heterocycles. The van der Waals surface area contributed by atoms with Gasteiger partial charge in [-0.15, -0.1) is 0 Å². The molecule has 0 heterocycles. The average molecular weight is 274 g/mol. The van der Waals surface area contributed by atoms with Crippen LogP contribution in [0.15, 0.2) is 54.6 Å². The lowest BCUT2D eigenvalue weighted by Gasteiger charge is -2.27. The standard InChI is InChI=1S/C16H16ClNO/c1-16(2,13-8-10-14(17)11-9-13)18-15(19)12-6-4-3-5-7-12/h3-11H,1-2H3,(H,18,19). The lowest BCUT2D eigenvalue weighted by atomic mass is 9.94. The molecule has 19 heavy (non-hydrogen) atoms. The van der Waals surface area contributed by atoms with E-state index in [9.17, 15) is 4.79 Å². The predicted molar refractivity (Wildman–Crippen MR) is 78.4 cm³/mol. The van der Waals surface area contributed by atoms with Crippen molar-refractivity contribution in [2.75, 3.05) is 0 Å². The average Bonchev–Trinajstić information content (AvgIpc) is 2.40. The molecule has 3 heteroatoms. The minimum atomic E-state index is -0.447. The van der Waals surface area contributed by atoms with Gasteiger partial charge < -0.3 is 5.32 Å². The number of halogens is 1. The van der Waals surface area contributed by atoms with Gasteiger partial charge in [-0.3, -0.25) is 4.79 Å². The Kier molecular flexibility index (Phi) is 3.91. The van der Waals surface area contributed by atoms with Crippen LogP contribution in [0.25, 0.3) is 0 Å². The summed E-state index contributed by atoms with van der Waals surface area (Å²) in [7, 11) is 0. The Bertz CT molecular complexity index is 561. The number of amides is 1. The first-order valence-corrected chi connectivity index (χ1v) is 6.50. The van der Waals surface area contributed by atoms with E-state index in [4.69, 9.17) is 11.6 Å². The highest BCUT2D eigenvalue weighted by Gasteiger charge is 2.23. The highest BCUT2D eigenvalue weighted by molar-refractivity contribution is 6.30. The fourth-order valence-corrected chi connectivity index (χ4v) is 2.01. The van der Waals surface area contributed by atoms with Crippen molar-refractivity contribution in [3.05, 3.63) is 70.7 Å². The molecule has 0 bridgehead atoms. The Morgan fingerprint density at radius 1 is 1.00 bits per heavy atom. The second kappa shape index (κ2) is 5.45. The molecular formula is C16H16ClNO. The maximum atomic E-state index is 12.2. The van der Waals surface area contributed by atoms with Crippen LogP contribution in [0.3, 0.4) is 0 Å². The van der Waals surface area contributed by atoms with E-state index in [1.54, 1.807) is 12.1 Å². The van der Waals surface area contributed by atoms with Gasteiger partial charge >= 0.3 is 0 Å². The molecule has 0 fully saturated rings. The van der Waals surface area contributed by atoms with E-state index >= 15 is 0 Å². The Morgan fingerprint density at radius 3 is 2.16 bits per heavy atom. The zero-order valence-electron chi connectivity index (χ0n) is 11.0. The number of rotatable bonds is 3. The Hall–Kier alpha value is -1.80. The summed E-state index contributed by atoms with van der Waals surface area (Å²) < 4.78 is 0. The summed E-state index contributed by atoms with van der Waals surface area (Å²) in [6, 6.07) is 16.7. The fourth-order valence-electron chi connectivity index (χ4n) is 1.88. The van der Waals surface area contributed by atoms with E-state index in [2.05, 4.69) is 5.32 Å². The number of carbonyl (C=O) groups excluding carboxylic acids is 1. The molecule has 2 aromatic rings. The van der Waals surface area contributed by atoms with Crippen LogP contribution in [-0.2, 0) is 5.54 Å². The third-order valence-corrected chi connectivity index (χ3v) is 3.28. The largest absolute Gasteiger partial charge is 0.343 e. The maximum absolute atomic E-state index is 12.2. The van der Waals surface area contributed by atoms with Crippen molar-refractivity contribution in [1.29, 1.82) is 0 Å². The number of hydrogen-bond donors (Lipinski definition) is 1. The normalized spacial score (nSPS) is 11.1. The molecule has 0 aliphatic carbocycles. The van der Waals surface area contributed by atoms with Crippen LogP contribution >= 0.6 is 11.6 Å². The molecule has 0 atom stereocenters. The number of carbonyl (C=O) groups is 1. The van der Waals surface area contributed by atoms with Gasteiger partial charge in [0.15, 0.2) is 0 Å². The van der Waals surface area contributed by atoms with Gasteiger partial charge in [0.05, 0.1) is 5.54 Å². The van der Waals surface area contributed by atoms with Crippen LogP contribution in [0.4, 0.5) is 0 Å². The highest BCUT2D eigenvalue weighted by Crippen LogP contribution is 2.22. The molecule has 0 unspecified atom stereocenters. The number of nitrogens with one attached hydrogen (secondary N) is 1. The van der Waals surface area contributed by atoms with E-state index in [0.717, 1.165) is 5.56 Å². The number of hydrogen-bond acceptors (Lipinski definition) is 1. The summed E-state index contributed by atoms with van der Waals surface area (Å²) in [5.74, 6) is -0.0828. The van der Waals surface area contributed by atoms with Crippen molar-refractivity contribution in [3.8, 4) is 0 Å². The fraction of sp³-hybridized carbons (Fsp3) is 0.188. The molecule has 2 rings (SSSR count). The molecule has 2 aromatic carbocycles. The third kappa shape index (κ3) is 3.36. The first kappa shape index (κ1) is 13.6. The lowest BCUT2D eigenvalue weighted by Crippen LogP contribution is -2.40. The second-order valence-electron chi connectivity index (χ2n) is 4.95. The molecule has 1 amide bonds. The minimum absolute atomic E-state index is 0.0828. The van der Waals surface area contributed by atoms with Crippen molar-refractivity contribution >= 4 is 17.5 Å². The molecule has 0 aliphatic rings. The molecule has 0 saturated heterocycles. The minimum Gasteiger partial charge on any atom is -0.343 e.